The van der Waals surface area contributed by atoms with Gasteiger partial charge in [0.25, 0.3) is 5.91 Å². The van der Waals surface area contributed by atoms with E-state index in [2.05, 4.69) is 5.32 Å². The first-order valence-electron chi connectivity index (χ1n) is 5.73. The fourth-order valence-electron chi connectivity index (χ4n) is 1.53. The second kappa shape index (κ2) is 6.74. The van der Waals surface area contributed by atoms with Crippen LogP contribution in [0.15, 0.2) is 30.4 Å². The molecular formula is C14H19NO2. The minimum Gasteiger partial charge on any atom is -0.496 e. The summed E-state index contributed by atoms with van der Waals surface area (Å²) in [6, 6.07) is 5.58. The molecule has 0 saturated carbocycles. The Labute approximate surface area is 102 Å². The third kappa shape index (κ3) is 3.94. The number of benzene rings is 1. The minimum absolute atomic E-state index is 0.0879. The molecule has 1 rings (SSSR count). The monoisotopic (exact) mass is 233 g/mol. The lowest BCUT2D eigenvalue weighted by molar-refractivity contribution is 0.0951. The molecular weight excluding hydrogens is 214 g/mol. The topological polar surface area (TPSA) is 38.3 Å². The van der Waals surface area contributed by atoms with Crippen LogP contribution in [0.2, 0.25) is 0 Å². The van der Waals surface area contributed by atoms with E-state index >= 15 is 0 Å². The number of nitrogens with one attached hydrogen (secondary N) is 1. The van der Waals surface area contributed by atoms with Gasteiger partial charge in [0.15, 0.2) is 0 Å². The van der Waals surface area contributed by atoms with Crippen molar-refractivity contribution in [3.8, 4) is 5.75 Å². The number of aryl methyl sites for hydroxylation is 1. The van der Waals surface area contributed by atoms with Crippen molar-refractivity contribution in [2.45, 2.75) is 20.3 Å². The first-order valence-corrected chi connectivity index (χ1v) is 5.73. The van der Waals surface area contributed by atoms with Crippen molar-refractivity contribution >= 4 is 5.91 Å². The third-order valence-corrected chi connectivity index (χ3v) is 2.43. The lowest BCUT2D eigenvalue weighted by Crippen LogP contribution is -2.24. The van der Waals surface area contributed by atoms with Gasteiger partial charge in [-0.3, -0.25) is 4.79 Å². The Morgan fingerprint density at radius 1 is 1.47 bits per heavy atom. The highest BCUT2D eigenvalue weighted by Gasteiger charge is 2.11. The molecule has 1 aromatic rings. The van der Waals surface area contributed by atoms with E-state index in [0.717, 1.165) is 12.0 Å². The number of hydrogen-bond donors (Lipinski definition) is 1. The first-order chi connectivity index (χ1) is 8.19. The van der Waals surface area contributed by atoms with Gasteiger partial charge < -0.3 is 10.1 Å². The highest BCUT2D eigenvalue weighted by Crippen LogP contribution is 2.19. The molecule has 0 saturated heterocycles. The summed E-state index contributed by atoms with van der Waals surface area (Å²) < 4.78 is 5.17. The normalized spacial score (nSPS) is 10.5. The van der Waals surface area contributed by atoms with E-state index in [1.54, 1.807) is 7.11 Å². The van der Waals surface area contributed by atoms with E-state index in [-0.39, 0.29) is 5.91 Å². The van der Waals surface area contributed by atoms with Gasteiger partial charge in [0.2, 0.25) is 0 Å². The fourth-order valence-corrected chi connectivity index (χ4v) is 1.53. The van der Waals surface area contributed by atoms with Gasteiger partial charge in [0.05, 0.1) is 12.7 Å². The molecule has 1 N–H and O–H groups in total. The molecule has 0 aromatic heterocycles. The van der Waals surface area contributed by atoms with Gasteiger partial charge in [-0.2, -0.15) is 0 Å². The average Bonchev–Trinajstić information content (AvgIpc) is 2.34. The number of carbonyl (C=O) groups excluding carboxylic acids is 1. The Bertz CT molecular complexity index is 411. The molecule has 0 aliphatic carbocycles. The summed E-state index contributed by atoms with van der Waals surface area (Å²) >= 11 is 0. The summed E-state index contributed by atoms with van der Waals surface area (Å²) in [5.74, 6) is 0.522. The fraction of sp³-hybridized carbons (Fsp3) is 0.357. The smallest absolute Gasteiger partial charge is 0.255 e. The molecule has 0 atom stereocenters. The zero-order chi connectivity index (χ0) is 12.7. The highest BCUT2D eigenvalue weighted by atomic mass is 16.5. The maximum absolute atomic E-state index is 11.9. The van der Waals surface area contributed by atoms with E-state index in [9.17, 15) is 4.79 Å². The van der Waals surface area contributed by atoms with Crippen LogP contribution >= 0.6 is 0 Å². The van der Waals surface area contributed by atoms with Crippen LogP contribution < -0.4 is 10.1 Å². The molecule has 3 nitrogen and oxygen atoms in total. The van der Waals surface area contributed by atoms with Crippen molar-refractivity contribution in [2.75, 3.05) is 13.7 Å². The van der Waals surface area contributed by atoms with Gasteiger partial charge in [-0.15, -0.1) is 0 Å². The Morgan fingerprint density at radius 2 is 2.24 bits per heavy atom. The number of amides is 1. The number of rotatable bonds is 5. The molecule has 0 radical (unpaired) electrons. The van der Waals surface area contributed by atoms with Crippen LogP contribution in [0.3, 0.4) is 0 Å². The molecule has 0 unspecified atom stereocenters. The van der Waals surface area contributed by atoms with E-state index in [1.165, 1.54) is 0 Å². The zero-order valence-electron chi connectivity index (χ0n) is 10.6. The Balaban J connectivity index is 2.70. The third-order valence-electron chi connectivity index (χ3n) is 2.43. The predicted octanol–water partition coefficient (Wildman–Crippen LogP) is 2.70. The van der Waals surface area contributed by atoms with E-state index in [0.29, 0.717) is 17.9 Å². The molecule has 0 aliphatic heterocycles. The van der Waals surface area contributed by atoms with Gasteiger partial charge in [-0.05, 0) is 32.4 Å². The maximum atomic E-state index is 11.9. The molecule has 0 spiro atoms. The van der Waals surface area contributed by atoms with E-state index in [4.69, 9.17) is 4.74 Å². The van der Waals surface area contributed by atoms with Crippen molar-refractivity contribution in [1.29, 1.82) is 0 Å². The molecule has 0 aliphatic rings. The predicted molar refractivity (Wildman–Crippen MR) is 69.5 cm³/mol. The molecule has 92 valence electrons. The van der Waals surface area contributed by atoms with Gasteiger partial charge in [0.1, 0.15) is 5.75 Å². The van der Waals surface area contributed by atoms with Crippen LogP contribution in [0.25, 0.3) is 0 Å². The SMILES string of the molecule is C/C=C/CCNC(=O)c1cc(C)ccc1OC. The molecule has 0 bridgehead atoms. The number of carbonyl (C=O) groups is 1. The van der Waals surface area contributed by atoms with Gasteiger partial charge in [0, 0.05) is 6.54 Å². The quantitative estimate of drug-likeness (QED) is 0.627. The molecule has 1 amide bonds. The largest absolute Gasteiger partial charge is 0.496 e. The van der Waals surface area contributed by atoms with Crippen LogP contribution in [0.5, 0.6) is 5.75 Å². The lowest BCUT2D eigenvalue weighted by Gasteiger charge is -2.09. The summed E-state index contributed by atoms with van der Waals surface area (Å²) in [7, 11) is 1.57. The number of ether oxygens (including phenoxy) is 1. The zero-order valence-corrected chi connectivity index (χ0v) is 10.6. The summed E-state index contributed by atoms with van der Waals surface area (Å²) in [5, 5.41) is 2.87. The van der Waals surface area contributed by atoms with E-state index < -0.39 is 0 Å². The summed E-state index contributed by atoms with van der Waals surface area (Å²) in [6.07, 6.45) is 4.84. The molecule has 1 aromatic carbocycles. The van der Waals surface area contributed by atoms with Crippen molar-refractivity contribution < 1.29 is 9.53 Å². The Hall–Kier alpha value is -1.77. The summed E-state index contributed by atoms with van der Waals surface area (Å²) in [5.41, 5.74) is 1.64. The van der Waals surface area contributed by atoms with Crippen LogP contribution in [-0.2, 0) is 0 Å². The van der Waals surface area contributed by atoms with Crippen LogP contribution in [0, 0.1) is 6.92 Å². The molecule has 0 fully saturated rings. The standard InChI is InChI=1S/C14H19NO2/c1-4-5-6-9-15-14(16)12-10-11(2)7-8-13(12)17-3/h4-5,7-8,10H,6,9H2,1-3H3,(H,15,16)/b5-4+. The number of hydrogen-bond acceptors (Lipinski definition) is 2. The van der Waals surface area contributed by atoms with Crippen molar-refractivity contribution in [1.82, 2.24) is 5.32 Å². The number of methoxy groups -OCH3 is 1. The highest BCUT2D eigenvalue weighted by molar-refractivity contribution is 5.97. The maximum Gasteiger partial charge on any atom is 0.255 e. The Morgan fingerprint density at radius 3 is 2.88 bits per heavy atom. The Kier molecular flexibility index (Phi) is 5.27. The van der Waals surface area contributed by atoms with Crippen LogP contribution in [-0.4, -0.2) is 19.6 Å². The van der Waals surface area contributed by atoms with Gasteiger partial charge in [-0.1, -0.05) is 23.8 Å². The van der Waals surface area contributed by atoms with Crippen LogP contribution in [0.4, 0.5) is 0 Å². The minimum atomic E-state index is -0.0879. The second-order valence-corrected chi connectivity index (χ2v) is 3.82. The average molecular weight is 233 g/mol. The summed E-state index contributed by atoms with van der Waals surface area (Å²) in [4.78, 5) is 11.9. The van der Waals surface area contributed by atoms with Crippen LogP contribution in [0.1, 0.15) is 29.3 Å². The van der Waals surface area contributed by atoms with Crippen molar-refractivity contribution in [3.05, 3.63) is 41.5 Å². The van der Waals surface area contributed by atoms with Gasteiger partial charge >= 0.3 is 0 Å². The molecule has 3 heteroatoms. The van der Waals surface area contributed by atoms with Crippen molar-refractivity contribution in [3.63, 3.8) is 0 Å². The number of allylic oxidation sites excluding steroid dienone is 1. The molecule has 0 heterocycles. The summed E-state index contributed by atoms with van der Waals surface area (Å²) in [6.45, 7) is 4.56. The van der Waals surface area contributed by atoms with Gasteiger partial charge in [-0.25, -0.2) is 0 Å². The lowest BCUT2D eigenvalue weighted by atomic mass is 10.1. The molecule has 17 heavy (non-hydrogen) atoms. The van der Waals surface area contributed by atoms with Crippen molar-refractivity contribution in [2.24, 2.45) is 0 Å². The second-order valence-electron chi connectivity index (χ2n) is 3.82. The van der Waals surface area contributed by atoms with E-state index in [1.807, 2.05) is 44.2 Å². The first kappa shape index (κ1) is 13.3.